The van der Waals surface area contributed by atoms with Crippen molar-refractivity contribution in [2.75, 3.05) is 19.8 Å². The molecule has 1 fully saturated rings. The van der Waals surface area contributed by atoms with E-state index < -0.39 is 5.79 Å². The van der Waals surface area contributed by atoms with E-state index in [0.717, 1.165) is 28.6 Å². The van der Waals surface area contributed by atoms with Crippen LogP contribution in [0.2, 0.25) is 0 Å². The average molecular weight is 315 g/mol. The maximum Gasteiger partial charge on any atom is 0.195 e. The predicted molar refractivity (Wildman–Crippen MR) is 73.8 cm³/mol. The highest BCUT2D eigenvalue weighted by molar-refractivity contribution is 9.10. The lowest BCUT2D eigenvalue weighted by atomic mass is 10.0. The molecule has 0 saturated carbocycles. The van der Waals surface area contributed by atoms with Crippen LogP contribution in [0.15, 0.2) is 22.7 Å². The van der Waals surface area contributed by atoms with E-state index in [2.05, 4.69) is 22.9 Å². The standard InChI is InChI=1S/C14H19BrO3/c1-3-7-14(17-8-9-18-14)11-5-6-13(16-4-2)12(15)10-11/h5-6,10H,3-4,7-9H2,1-2H3. The summed E-state index contributed by atoms with van der Waals surface area (Å²) in [7, 11) is 0. The highest BCUT2D eigenvalue weighted by Gasteiger charge is 2.37. The number of halogens is 1. The molecule has 0 spiro atoms. The molecule has 4 heteroatoms. The number of benzene rings is 1. The van der Waals surface area contributed by atoms with Crippen molar-refractivity contribution < 1.29 is 14.2 Å². The Morgan fingerprint density at radius 3 is 2.56 bits per heavy atom. The monoisotopic (exact) mass is 314 g/mol. The minimum Gasteiger partial charge on any atom is -0.493 e. The van der Waals surface area contributed by atoms with Crippen LogP contribution in [0.25, 0.3) is 0 Å². The molecule has 0 aromatic heterocycles. The normalized spacial score (nSPS) is 17.9. The summed E-state index contributed by atoms with van der Waals surface area (Å²) in [4.78, 5) is 0. The quantitative estimate of drug-likeness (QED) is 0.826. The molecule has 0 radical (unpaired) electrons. The molecule has 1 heterocycles. The average Bonchev–Trinajstić information content (AvgIpc) is 2.82. The Morgan fingerprint density at radius 2 is 2.00 bits per heavy atom. The largest absolute Gasteiger partial charge is 0.493 e. The summed E-state index contributed by atoms with van der Waals surface area (Å²) in [5.74, 6) is 0.285. The zero-order chi connectivity index (χ0) is 13.0. The molecule has 100 valence electrons. The molecule has 3 nitrogen and oxygen atoms in total. The van der Waals surface area contributed by atoms with Gasteiger partial charge in [0, 0.05) is 12.0 Å². The third kappa shape index (κ3) is 2.71. The second-order valence-electron chi connectivity index (χ2n) is 4.28. The van der Waals surface area contributed by atoms with Crippen molar-refractivity contribution in [1.82, 2.24) is 0 Å². The molecule has 1 aromatic rings. The molecule has 2 rings (SSSR count). The third-order valence-corrected chi connectivity index (χ3v) is 3.62. The highest BCUT2D eigenvalue weighted by Crippen LogP contribution is 2.39. The van der Waals surface area contributed by atoms with Crippen molar-refractivity contribution in [2.24, 2.45) is 0 Å². The molecule has 1 saturated heterocycles. The summed E-state index contributed by atoms with van der Waals surface area (Å²) in [6.07, 6.45) is 1.89. The van der Waals surface area contributed by atoms with Crippen molar-refractivity contribution in [1.29, 1.82) is 0 Å². The van der Waals surface area contributed by atoms with Crippen LogP contribution in [0.5, 0.6) is 5.75 Å². The molecule has 0 aliphatic carbocycles. The molecule has 0 amide bonds. The van der Waals surface area contributed by atoms with Gasteiger partial charge in [-0.3, -0.25) is 0 Å². The fourth-order valence-electron chi connectivity index (χ4n) is 2.25. The van der Waals surface area contributed by atoms with Crippen molar-refractivity contribution >= 4 is 15.9 Å². The van der Waals surface area contributed by atoms with Crippen LogP contribution >= 0.6 is 15.9 Å². The smallest absolute Gasteiger partial charge is 0.195 e. The fourth-order valence-corrected chi connectivity index (χ4v) is 2.74. The number of hydrogen-bond acceptors (Lipinski definition) is 3. The van der Waals surface area contributed by atoms with Crippen LogP contribution in [0, 0.1) is 0 Å². The van der Waals surface area contributed by atoms with Crippen LogP contribution in [0.1, 0.15) is 32.3 Å². The van der Waals surface area contributed by atoms with Gasteiger partial charge in [-0.2, -0.15) is 0 Å². The van der Waals surface area contributed by atoms with Crippen LogP contribution in [-0.2, 0) is 15.3 Å². The summed E-state index contributed by atoms with van der Waals surface area (Å²) in [5.41, 5.74) is 1.05. The molecule has 1 aromatic carbocycles. The second-order valence-corrected chi connectivity index (χ2v) is 5.13. The maximum atomic E-state index is 5.84. The molecule has 0 atom stereocenters. The minimum atomic E-state index is -0.567. The Balaban J connectivity index is 2.28. The Bertz CT molecular complexity index is 400. The number of rotatable bonds is 5. The number of hydrogen-bond donors (Lipinski definition) is 0. The van der Waals surface area contributed by atoms with E-state index in [1.54, 1.807) is 0 Å². The van der Waals surface area contributed by atoms with Gasteiger partial charge in [-0.1, -0.05) is 13.3 Å². The molecule has 0 unspecified atom stereocenters. The van der Waals surface area contributed by atoms with E-state index in [9.17, 15) is 0 Å². The number of ether oxygens (including phenoxy) is 3. The first-order valence-corrected chi connectivity index (χ1v) is 7.22. The van der Waals surface area contributed by atoms with Crippen LogP contribution < -0.4 is 4.74 Å². The van der Waals surface area contributed by atoms with Gasteiger partial charge in [0.1, 0.15) is 5.75 Å². The highest BCUT2D eigenvalue weighted by atomic mass is 79.9. The van der Waals surface area contributed by atoms with Gasteiger partial charge < -0.3 is 14.2 Å². The topological polar surface area (TPSA) is 27.7 Å². The van der Waals surface area contributed by atoms with Crippen molar-refractivity contribution in [2.45, 2.75) is 32.5 Å². The lowest BCUT2D eigenvalue weighted by molar-refractivity contribution is -0.171. The van der Waals surface area contributed by atoms with Crippen molar-refractivity contribution in [3.63, 3.8) is 0 Å². The van der Waals surface area contributed by atoms with Gasteiger partial charge in [0.25, 0.3) is 0 Å². The Kier molecular flexibility index (Phi) is 4.65. The van der Waals surface area contributed by atoms with Crippen molar-refractivity contribution in [3.8, 4) is 5.75 Å². The molecule has 1 aliphatic heterocycles. The SMILES string of the molecule is CCCC1(c2ccc(OCC)c(Br)c2)OCCO1. The van der Waals surface area contributed by atoms with Gasteiger partial charge in [-0.25, -0.2) is 0 Å². The van der Waals surface area contributed by atoms with Gasteiger partial charge in [-0.15, -0.1) is 0 Å². The van der Waals surface area contributed by atoms with Crippen molar-refractivity contribution in [3.05, 3.63) is 28.2 Å². The molecule has 1 aliphatic rings. The van der Waals surface area contributed by atoms with E-state index in [4.69, 9.17) is 14.2 Å². The van der Waals surface area contributed by atoms with Crippen LogP contribution in [-0.4, -0.2) is 19.8 Å². The van der Waals surface area contributed by atoms with E-state index in [1.165, 1.54) is 0 Å². The van der Waals surface area contributed by atoms with E-state index >= 15 is 0 Å². The Hall–Kier alpha value is -0.580. The minimum absolute atomic E-state index is 0.567. The van der Waals surface area contributed by atoms with Gasteiger partial charge in [0.05, 0.1) is 24.3 Å². The molecular formula is C14H19BrO3. The van der Waals surface area contributed by atoms with Gasteiger partial charge in [0.2, 0.25) is 0 Å². The lowest BCUT2D eigenvalue weighted by Gasteiger charge is -2.28. The molecular weight excluding hydrogens is 296 g/mol. The lowest BCUT2D eigenvalue weighted by Crippen LogP contribution is -2.26. The Labute approximate surface area is 117 Å². The van der Waals surface area contributed by atoms with Gasteiger partial charge >= 0.3 is 0 Å². The zero-order valence-electron chi connectivity index (χ0n) is 10.9. The van der Waals surface area contributed by atoms with E-state index in [-0.39, 0.29) is 0 Å². The second kappa shape index (κ2) is 6.04. The first kappa shape index (κ1) is 13.8. The summed E-state index contributed by atoms with van der Waals surface area (Å²) in [6.45, 7) is 6.08. The molecule has 0 N–H and O–H groups in total. The first-order chi connectivity index (χ1) is 8.72. The fraction of sp³-hybridized carbons (Fsp3) is 0.571. The third-order valence-electron chi connectivity index (χ3n) is 3.00. The summed E-state index contributed by atoms with van der Waals surface area (Å²) < 4.78 is 18.1. The van der Waals surface area contributed by atoms with Crippen LogP contribution in [0.3, 0.4) is 0 Å². The van der Waals surface area contributed by atoms with E-state index in [0.29, 0.717) is 19.8 Å². The predicted octanol–water partition coefficient (Wildman–Crippen LogP) is 3.85. The molecule has 18 heavy (non-hydrogen) atoms. The molecule has 0 bridgehead atoms. The van der Waals surface area contributed by atoms with Gasteiger partial charge in [0.15, 0.2) is 5.79 Å². The maximum absolute atomic E-state index is 5.84. The summed E-state index contributed by atoms with van der Waals surface area (Å²) >= 11 is 3.53. The van der Waals surface area contributed by atoms with E-state index in [1.807, 2.05) is 25.1 Å². The van der Waals surface area contributed by atoms with Crippen LogP contribution in [0.4, 0.5) is 0 Å². The Morgan fingerprint density at radius 1 is 1.28 bits per heavy atom. The van der Waals surface area contributed by atoms with Gasteiger partial charge in [-0.05, 0) is 41.1 Å². The summed E-state index contributed by atoms with van der Waals surface area (Å²) in [6, 6.07) is 6.02. The zero-order valence-corrected chi connectivity index (χ0v) is 12.5. The summed E-state index contributed by atoms with van der Waals surface area (Å²) in [5, 5.41) is 0. The first-order valence-electron chi connectivity index (χ1n) is 6.42.